The molecule has 0 aliphatic rings. The second-order valence-electron chi connectivity index (χ2n) is 7.61. The van der Waals surface area contributed by atoms with Gasteiger partial charge in [0.05, 0.1) is 12.6 Å². The molecular formula is C26H22BrFN2O3. The smallest absolute Gasteiger partial charge is 0.262 e. The van der Waals surface area contributed by atoms with Crippen molar-refractivity contribution >= 4 is 38.6 Å². The zero-order valence-corrected chi connectivity index (χ0v) is 19.8. The van der Waals surface area contributed by atoms with E-state index in [2.05, 4.69) is 21.2 Å². The minimum atomic E-state index is -0.389. The highest BCUT2D eigenvalue weighted by Gasteiger charge is 2.20. The Balaban J connectivity index is 1.65. The molecule has 4 rings (SSSR count). The summed E-state index contributed by atoms with van der Waals surface area (Å²) < 4.78 is 21.1. The topological polar surface area (TPSA) is 60.3 Å². The minimum absolute atomic E-state index is 0.128. The number of halogens is 2. The van der Waals surface area contributed by atoms with Crippen molar-refractivity contribution in [1.82, 2.24) is 9.88 Å². The lowest BCUT2D eigenvalue weighted by Gasteiger charge is -2.09. The van der Waals surface area contributed by atoms with E-state index in [1.165, 1.54) is 24.3 Å². The number of ether oxygens (including phenoxy) is 1. The summed E-state index contributed by atoms with van der Waals surface area (Å²) in [5.41, 5.74) is 3.50. The van der Waals surface area contributed by atoms with Gasteiger partial charge in [-0.1, -0.05) is 15.9 Å². The van der Waals surface area contributed by atoms with Gasteiger partial charge in [0.2, 0.25) is 0 Å². The summed E-state index contributed by atoms with van der Waals surface area (Å²) in [4.78, 5) is 25.8. The number of aromatic nitrogens is 1. The first-order chi connectivity index (χ1) is 15.9. The molecule has 0 saturated heterocycles. The molecule has 1 N–H and O–H groups in total. The van der Waals surface area contributed by atoms with Gasteiger partial charge in [0.15, 0.2) is 0 Å². The SMILES string of the molecule is COc1ccc2c(c1)c(CCNC(=O)c1ccc([18F])cc1)c(C)n2C(=O)c1ccc(Br)cc1. The maximum atomic E-state index is 13.4. The molecule has 4 aromatic rings. The summed E-state index contributed by atoms with van der Waals surface area (Å²) in [7, 11) is 1.60. The summed E-state index contributed by atoms with van der Waals surface area (Å²) in [5.74, 6) is -0.108. The summed E-state index contributed by atoms with van der Waals surface area (Å²) >= 11 is 3.40. The highest BCUT2D eigenvalue weighted by atomic mass is 79.9. The average molecular weight is 508 g/mol. The van der Waals surface area contributed by atoms with Crippen molar-refractivity contribution in [2.75, 3.05) is 13.7 Å². The van der Waals surface area contributed by atoms with Crippen LogP contribution in [0.3, 0.4) is 0 Å². The Hall–Kier alpha value is -3.45. The Bertz CT molecular complexity index is 1330. The number of rotatable bonds is 6. The van der Waals surface area contributed by atoms with Crippen LogP contribution in [-0.4, -0.2) is 30.0 Å². The number of benzene rings is 3. The molecule has 0 aliphatic heterocycles. The van der Waals surface area contributed by atoms with Crippen LogP contribution in [0, 0.1) is 12.7 Å². The van der Waals surface area contributed by atoms with Crippen LogP contribution in [-0.2, 0) is 6.42 Å². The van der Waals surface area contributed by atoms with Gasteiger partial charge < -0.3 is 10.1 Å². The number of carbonyl (C=O) groups excluding carboxylic acids is 2. The van der Waals surface area contributed by atoms with Gasteiger partial charge in [-0.3, -0.25) is 14.2 Å². The van der Waals surface area contributed by atoms with Crippen molar-refractivity contribution in [3.63, 3.8) is 0 Å². The Morgan fingerprint density at radius 2 is 1.67 bits per heavy atom. The number of nitrogens with zero attached hydrogens (tertiary/aromatic N) is 1. The zero-order chi connectivity index (χ0) is 23.5. The first-order valence-corrected chi connectivity index (χ1v) is 11.2. The number of hydrogen-bond acceptors (Lipinski definition) is 3. The summed E-state index contributed by atoms with van der Waals surface area (Å²) in [6, 6.07) is 18.3. The predicted molar refractivity (Wildman–Crippen MR) is 130 cm³/mol. The quantitative estimate of drug-likeness (QED) is 0.373. The van der Waals surface area contributed by atoms with Gasteiger partial charge in [-0.15, -0.1) is 0 Å². The summed E-state index contributed by atoms with van der Waals surface area (Å²) in [6.07, 6.45) is 0.517. The van der Waals surface area contributed by atoms with Gasteiger partial charge in [0.25, 0.3) is 11.8 Å². The van der Waals surface area contributed by atoms with E-state index in [1.807, 2.05) is 37.3 Å². The lowest BCUT2D eigenvalue weighted by molar-refractivity contribution is 0.0947. The van der Waals surface area contributed by atoms with Gasteiger partial charge in [0, 0.05) is 33.2 Å². The molecule has 0 bridgehead atoms. The van der Waals surface area contributed by atoms with E-state index in [0.29, 0.717) is 29.8 Å². The van der Waals surface area contributed by atoms with Crippen LogP contribution in [0.4, 0.5) is 4.39 Å². The van der Waals surface area contributed by atoms with Crippen LogP contribution in [0.1, 0.15) is 32.0 Å². The number of hydrogen-bond donors (Lipinski definition) is 1. The highest BCUT2D eigenvalue weighted by Crippen LogP contribution is 2.30. The van der Waals surface area contributed by atoms with Crippen molar-refractivity contribution in [3.8, 4) is 5.75 Å². The number of amides is 1. The van der Waals surface area contributed by atoms with E-state index < -0.39 is 0 Å². The Morgan fingerprint density at radius 1 is 1.00 bits per heavy atom. The monoisotopic (exact) mass is 507 g/mol. The number of fused-ring (bicyclic) bond motifs is 1. The molecule has 7 heteroatoms. The van der Waals surface area contributed by atoms with Crippen molar-refractivity contribution in [1.29, 1.82) is 0 Å². The lowest BCUT2D eigenvalue weighted by Crippen LogP contribution is -2.25. The Morgan fingerprint density at radius 3 is 2.33 bits per heavy atom. The molecule has 0 atom stereocenters. The zero-order valence-electron chi connectivity index (χ0n) is 18.2. The van der Waals surface area contributed by atoms with Crippen LogP contribution in [0.15, 0.2) is 71.2 Å². The second kappa shape index (κ2) is 9.58. The van der Waals surface area contributed by atoms with E-state index in [4.69, 9.17) is 4.74 Å². The van der Waals surface area contributed by atoms with Gasteiger partial charge >= 0.3 is 0 Å². The van der Waals surface area contributed by atoms with Crippen LogP contribution >= 0.6 is 15.9 Å². The van der Waals surface area contributed by atoms with E-state index in [1.54, 1.807) is 23.8 Å². The van der Waals surface area contributed by atoms with Crippen molar-refractivity contribution in [3.05, 3.63) is 99.4 Å². The van der Waals surface area contributed by atoms with Gasteiger partial charge in [0.1, 0.15) is 11.6 Å². The maximum Gasteiger partial charge on any atom is 0.262 e. The number of methoxy groups -OCH3 is 1. The summed E-state index contributed by atoms with van der Waals surface area (Å²) in [6.45, 7) is 2.26. The molecule has 1 aromatic heterocycles. The number of nitrogens with one attached hydrogen (secondary N) is 1. The third kappa shape index (κ3) is 4.68. The molecule has 0 radical (unpaired) electrons. The average Bonchev–Trinajstić information content (AvgIpc) is 3.10. The molecule has 3 aromatic carbocycles. The standard InChI is InChI=1S/C26H22BrFN2O3/c1-16-22(13-14-29-25(31)17-5-9-20(28)10-6-17)23-15-21(33-2)11-12-24(23)30(16)26(32)18-3-7-19(27)8-4-18/h3-12,15H,13-14H2,1-2H3,(H,29,31)/i28-1. The molecule has 33 heavy (non-hydrogen) atoms. The Kier molecular flexibility index (Phi) is 6.60. The third-order valence-corrected chi connectivity index (χ3v) is 6.13. The normalized spacial score (nSPS) is 10.9. The summed E-state index contributed by atoms with van der Waals surface area (Å²) in [5, 5.41) is 3.77. The van der Waals surface area contributed by atoms with Crippen LogP contribution in [0.2, 0.25) is 0 Å². The predicted octanol–water partition coefficient (Wildman–Crippen LogP) is 5.52. The third-order valence-electron chi connectivity index (χ3n) is 5.60. The molecule has 0 spiro atoms. The molecule has 5 nitrogen and oxygen atoms in total. The molecule has 1 heterocycles. The van der Waals surface area contributed by atoms with E-state index in [9.17, 15) is 14.0 Å². The molecular weight excluding hydrogens is 486 g/mol. The maximum absolute atomic E-state index is 13.4. The lowest BCUT2D eigenvalue weighted by atomic mass is 10.1. The van der Waals surface area contributed by atoms with Gasteiger partial charge in [-0.2, -0.15) is 0 Å². The highest BCUT2D eigenvalue weighted by molar-refractivity contribution is 9.10. The van der Waals surface area contributed by atoms with Crippen molar-refractivity contribution < 1.29 is 18.7 Å². The van der Waals surface area contributed by atoms with Gasteiger partial charge in [-0.25, -0.2) is 4.39 Å². The molecule has 1 amide bonds. The van der Waals surface area contributed by atoms with Gasteiger partial charge in [-0.05, 0) is 85.6 Å². The molecule has 0 saturated carbocycles. The van der Waals surface area contributed by atoms with E-state index >= 15 is 0 Å². The van der Waals surface area contributed by atoms with E-state index in [0.717, 1.165) is 26.6 Å². The van der Waals surface area contributed by atoms with Crippen LogP contribution < -0.4 is 10.1 Å². The van der Waals surface area contributed by atoms with Crippen molar-refractivity contribution in [2.45, 2.75) is 13.3 Å². The second-order valence-corrected chi connectivity index (χ2v) is 8.52. The molecule has 0 aliphatic carbocycles. The number of carbonyl (C=O) groups is 2. The first kappa shape index (κ1) is 22.7. The molecule has 0 unspecified atom stereocenters. The first-order valence-electron chi connectivity index (χ1n) is 10.4. The molecule has 168 valence electrons. The fraction of sp³-hybridized carbons (Fsp3) is 0.154. The van der Waals surface area contributed by atoms with E-state index in [-0.39, 0.29) is 17.6 Å². The molecule has 0 fully saturated rings. The van der Waals surface area contributed by atoms with Crippen LogP contribution in [0.25, 0.3) is 10.9 Å². The largest absolute Gasteiger partial charge is 0.497 e. The van der Waals surface area contributed by atoms with Crippen molar-refractivity contribution in [2.24, 2.45) is 0 Å². The fourth-order valence-corrected chi connectivity index (χ4v) is 4.16. The van der Waals surface area contributed by atoms with Crippen LogP contribution in [0.5, 0.6) is 5.75 Å². The fourth-order valence-electron chi connectivity index (χ4n) is 3.89. The Labute approximate surface area is 199 Å². The minimum Gasteiger partial charge on any atom is -0.497 e.